The Morgan fingerprint density at radius 2 is 2.10 bits per heavy atom. The largest absolute Gasteiger partial charge is 0.389 e. The Kier molecular flexibility index (Phi) is 5.01. The molecule has 1 saturated heterocycles. The predicted molar refractivity (Wildman–Crippen MR) is 110 cm³/mol. The molecule has 3 heterocycles. The average Bonchev–Trinajstić information content (AvgIpc) is 3.06. The monoisotopic (exact) mass is 408 g/mol. The Morgan fingerprint density at radius 1 is 1.37 bits per heavy atom. The Balaban J connectivity index is 2.00. The van der Waals surface area contributed by atoms with Crippen LogP contribution in [-0.4, -0.2) is 44.6 Å². The number of aryl methyl sites for hydroxylation is 1. The van der Waals surface area contributed by atoms with Gasteiger partial charge < -0.3 is 10.0 Å². The van der Waals surface area contributed by atoms with Crippen molar-refractivity contribution in [1.29, 1.82) is 5.26 Å². The summed E-state index contributed by atoms with van der Waals surface area (Å²) in [5.74, 6) is 0.500. The second kappa shape index (κ2) is 7.65. The third-order valence-electron chi connectivity index (χ3n) is 4.94. The molecular weight excluding hydrogens is 390 g/mol. The highest BCUT2D eigenvalue weighted by atomic mass is 19.3. The molecule has 0 aromatic carbocycles. The van der Waals surface area contributed by atoms with Crippen molar-refractivity contribution in [3.8, 4) is 6.07 Å². The zero-order chi connectivity index (χ0) is 21.4. The van der Waals surface area contributed by atoms with E-state index in [1.54, 1.807) is 13.0 Å². The molecule has 7 nitrogen and oxygen atoms in total. The van der Waals surface area contributed by atoms with E-state index < -0.39 is 18.2 Å². The minimum atomic E-state index is -2.91. The number of nitriles is 1. The van der Waals surface area contributed by atoms with Crippen LogP contribution in [0.1, 0.15) is 28.9 Å². The first-order valence-electron chi connectivity index (χ1n) is 9.24. The summed E-state index contributed by atoms with van der Waals surface area (Å²) in [5.41, 5.74) is 1.88. The van der Waals surface area contributed by atoms with Crippen molar-refractivity contribution < 1.29 is 13.9 Å². The number of β-amino-alcohol motifs (C(OH)–C–C–N with tert-alkyl or cyclic N) is 1. The van der Waals surface area contributed by atoms with E-state index in [2.05, 4.69) is 21.7 Å². The number of alkyl halides is 2. The standard InChI is InChI=1S/C21H18F2N6O/c1-3-25-17-7-5-4-6-13(17)8-15-12(2)26-20-16(9-24)18(19(22)23)27-29(20)21(15)28-10-14(30)11-28/h3-8,14,19,30H,1,10-11H2,2H3/b13-8+,25-17?. The predicted octanol–water partition coefficient (Wildman–Crippen LogP) is 3.12. The quantitative estimate of drug-likeness (QED) is 0.840. The number of aliphatic hydroxyl groups is 1. The van der Waals surface area contributed by atoms with E-state index in [-0.39, 0.29) is 11.2 Å². The zero-order valence-corrected chi connectivity index (χ0v) is 16.1. The van der Waals surface area contributed by atoms with Gasteiger partial charge in [-0.3, -0.25) is 4.99 Å². The number of halogens is 2. The lowest BCUT2D eigenvalue weighted by Gasteiger charge is -2.38. The lowest BCUT2D eigenvalue weighted by Crippen LogP contribution is -2.52. The lowest BCUT2D eigenvalue weighted by atomic mass is 10.0. The van der Waals surface area contributed by atoms with Gasteiger partial charge in [0.25, 0.3) is 6.43 Å². The molecule has 1 fully saturated rings. The van der Waals surface area contributed by atoms with Crippen molar-refractivity contribution in [2.75, 3.05) is 18.0 Å². The normalized spacial score (nSPS) is 19.1. The molecule has 2 aromatic heterocycles. The summed E-state index contributed by atoms with van der Waals surface area (Å²) in [5, 5.41) is 23.3. The summed E-state index contributed by atoms with van der Waals surface area (Å²) in [4.78, 5) is 10.5. The fourth-order valence-corrected chi connectivity index (χ4v) is 3.51. The highest BCUT2D eigenvalue weighted by molar-refractivity contribution is 6.14. The van der Waals surface area contributed by atoms with E-state index in [9.17, 15) is 19.1 Å². The van der Waals surface area contributed by atoms with Crippen molar-refractivity contribution >= 4 is 23.3 Å². The first-order valence-corrected chi connectivity index (χ1v) is 9.24. The fraction of sp³-hybridized carbons (Fsp3) is 0.238. The molecule has 0 unspecified atom stereocenters. The number of aliphatic imine (C=N–C) groups is 1. The lowest BCUT2D eigenvalue weighted by molar-refractivity contribution is 0.139. The zero-order valence-electron chi connectivity index (χ0n) is 16.1. The second-order valence-electron chi connectivity index (χ2n) is 6.92. The van der Waals surface area contributed by atoms with Gasteiger partial charge in [0, 0.05) is 30.4 Å². The van der Waals surface area contributed by atoms with Crippen LogP contribution in [0.3, 0.4) is 0 Å². The number of fused-ring (bicyclic) bond motifs is 1. The van der Waals surface area contributed by atoms with Crippen LogP contribution in [0.25, 0.3) is 11.7 Å². The second-order valence-corrected chi connectivity index (χ2v) is 6.92. The molecule has 30 heavy (non-hydrogen) atoms. The van der Waals surface area contributed by atoms with Crippen LogP contribution in [0.5, 0.6) is 0 Å². The average molecular weight is 408 g/mol. The Morgan fingerprint density at radius 3 is 2.73 bits per heavy atom. The number of aliphatic hydroxyl groups excluding tert-OH is 1. The summed E-state index contributed by atoms with van der Waals surface area (Å²) in [6, 6.07) is 1.80. The number of anilines is 1. The van der Waals surface area contributed by atoms with Crippen molar-refractivity contribution in [2.45, 2.75) is 19.5 Å². The molecule has 1 aliphatic carbocycles. The smallest absolute Gasteiger partial charge is 0.283 e. The van der Waals surface area contributed by atoms with Crippen LogP contribution >= 0.6 is 0 Å². The number of hydrogen-bond donors (Lipinski definition) is 1. The molecule has 2 aromatic rings. The fourth-order valence-electron chi connectivity index (χ4n) is 3.51. The van der Waals surface area contributed by atoms with Gasteiger partial charge in [0.2, 0.25) is 0 Å². The van der Waals surface area contributed by atoms with E-state index in [1.807, 2.05) is 35.3 Å². The van der Waals surface area contributed by atoms with E-state index in [1.165, 1.54) is 10.7 Å². The molecule has 9 heteroatoms. The van der Waals surface area contributed by atoms with Gasteiger partial charge in [0.1, 0.15) is 23.1 Å². The maximum absolute atomic E-state index is 13.5. The van der Waals surface area contributed by atoms with Gasteiger partial charge in [-0.25, -0.2) is 13.8 Å². The van der Waals surface area contributed by atoms with Crippen LogP contribution in [0.4, 0.5) is 14.6 Å². The molecular formula is C21H18F2N6O. The van der Waals surface area contributed by atoms with E-state index >= 15 is 0 Å². The van der Waals surface area contributed by atoms with E-state index in [4.69, 9.17) is 0 Å². The number of allylic oxidation sites excluding steroid dienone is 5. The molecule has 152 valence electrons. The number of rotatable bonds is 4. The Hall–Kier alpha value is -3.64. The minimum Gasteiger partial charge on any atom is -0.389 e. The van der Waals surface area contributed by atoms with E-state index in [0.717, 1.165) is 5.57 Å². The molecule has 0 radical (unpaired) electrons. The molecule has 0 amide bonds. The van der Waals surface area contributed by atoms with Crippen LogP contribution in [-0.2, 0) is 0 Å². The molecule has 1 N–H and O–H groups in total. The highest BCUT2D eigenvalue weighted by Crippen LogP contribution is 2.34. The highest BCUT2D eigenvalue weighted by Gasteiger charge is 2.32. The summed E-state index contributed by atoms with van der Waals surface area (Å²) < 4.78 is 28.3. The molecule has 0 atom stereocenters. The molecule has 0 bridgehead atoms. The number of aromatic nitrogens is 3. The first kappa shape index (κ1) is 19.7. The van der Waals surface area contributed by atoms with Gasteiger partial charge >= 0.3 is 0 Å². The molecule has 0 spiro atoms. The van der Waals surface area contributed by atoms with E-state index in [0.29, 0.717) is 35.9 Å². The van der Waals surface area contributed by atoms with Crippen molar-refractivity contribution in [1.82, 2.24) is 14.6 Å². The van der Waals surface area contributed by atoms with Gasteiger partial charge in [-0.1, -0.05) is 24.8 Å². The van der Waals surface area contributed by atoms with Crippen molar-refractivity contribution in [2.24, 2.45) is 4.99 Å². The minimum absolute atomic E-state index is 0.0721. The van der Waals surface area contributed by atoms with Gasteiger partial charge in [-0.05, 0) is 19.1 Å². The van der Waals surface area contributed by atoms with Crippen LogP contribution < -0.4 is 4.90 Å². The van der Waals surface area contributed by atoms with Gasteiger partial charge in [-0.2, -0.15) is 14.9 Å². The topological polar surface area (TPSA) is 89.8 Å². The molecule has 1 aliphatic heterocycles. The first-order chi connectivity index (χ1) is 14.4. The summed E-state index contributed by atoms with van der Waals surface area (Å²) >= 11 is 0. The van der Waals surface area contributed by atoms with Gasteiger partial charge in [0.05, 0.1) is 17.5 Å². The Labute approximate surface area is 171 Å². The number of nitrogens with zero attached hydrogens (tertiary/aromatic N) is 6. The number of hydrogen-bond acceptors (Lipinski definition) is 6. The summed E-state index contributed by atoms with van der Waals surface area (Å²) in [7, 11) is 0. The van der Waals surface area contributed by atoms with Crippen LogP contribution in [0.15, 0.2) is 47.6 Å². The third-order valence-corrected chi connectivity index (χ3v) is 4.94. The van der Waals surface area contributed by atoms with Gasteiger partial charge in [0.15, 0.2) is 5.65 Å². The molecule has 2 aliphatic rings. The van der Waals surface area contributed by atoms with Crippen LogP contribution in [0.2, 0.25) is 0 Å². The molecule has 0 saturated carbocycles. The maximum atomic E-state index is 13.5. The SMILES string of the molecule is C=CN=C1C=CC=C/C1=C\c1c(C)nc2c(C#N)c(C(F)F)nn2c1N1CC(O)C1. The van der Waals surface area contributed by atoms with Gasteiger partial charge in [-0.15, -0.1) is 0 Å². The Bertz CT molecular complexity index is 1190. The van der Waals surface area contributed by atoms with Crippen molar-refractivity contribution in [3.63, 3.8) is 0 Å². The maximum Gasteiger partial charge on any atom is 0.283 e. The molecule has 4 rings (SSSR count). The van der Waals surface area contributed by atoms with Crippen molar-refractivity contribution in [3.05, 3.63) is 65.2 Å². The summed E-state index contributed by atoms with van der Waals surface area (Å²) in [6.07, 6.45) is 7.27. The third kappa shape index (κ3) is 3.21. The van der Waals surface area contributed by atoms with Crippen LogP contribution in [0, 0.1) is 18.3 Å². The summed E-state index contributed by atoms with van der Waals surface area (Å²) in [6.45, 7) is 6.02.